The molecule has 0 aliphatic rings. The van der Waals surface area contributed by atoms with E-state index < -0.39 is 5.91 Å². The smallest absolute Gasteiger partial charge is 0.254 e. The van der Waals surface area contributed by atoms with Crippen molar-refractivity contribution in [3.8, 4) is 0 Å². The number of carbonyl (C=O) groups is 1. The van der Waals surface area contributed by atoms with E-state index in [0.717, 1.165) is 0 Å². The molecule has 0 saturated heterocycles. The van der Waals surface area contributed by atoms with Gasteiger partial charge in [0.15, 0.2) is 5.82 Å². The highest BCUT2D eigenvalue weighted by atomic mass is 16.5. The highest BCUT2D eigenvalue weighted by molar-refractivity contribution is 5.96. The Morgan fingerprint density at radius 2 is 2.29 bits per heavy atom. The number of nitrogen functional groups attached to an aromatic ring is 1. The number of nitrogens with zero attached hydrogens (tertiary/aromatic N) is 2. The topological polar surface area (TPSA) is 104 Å². The molecule has 76 valence electrons. The second-order valence-electron chi connectivity index (χ2n) is 2.77. The third kappa shape index (κ3) is 1.97. The highest BCUT2D eigenvalue weighted by Gasteiger charge is 2.12. The Morgan fingerprint density at radius 3 is 2.71 bits per heavy atom. The predicted octanol–water partition coefficient (Wildman–Crippen LogP) is -0.135. The normalized spacial score (nSPS) is 12.4. The van der Waals surface area contributed by atoms with Gasteiger partial charge in [0.25, 0.3) is 5.91 Å². The van der Waals surface area contributed by atoms with Crippen molar-refractivity contribution >= 4 is 11.7 Å². The first kappa shape index (κ1) is 10.4. The molecule has 0 fully saturated rings. The summed E-state index contributed by atoms with van der Waals surface area (Å²) in [6.45, 7) is 1.78. The third-order valence-corrected chi connectivity index (χ3v) is 1.82. The Labute approximate surface area is 81.3 Å². The number of rotatable bonds is 3. The Balaban J connectivity index is 3.06. The Bertz CT molecular complexity index is 353. The summed E-state index contributed by atoms with van der Waals surface area (Å²) in [5.74, 6) is -0.138. The van der Waals surface area contributed by atoms with E-state index in [-0.39, 0.29) is 17.5 Å². The van der Waals surface area contributed by atoms with Crippen LogP contribution >= 0.6 is 0 Å². The van der Waals surface area contributed by atoms with Gasteiger partial charge in [-0.05, 0) is 6.92 Å². The number of amides is 1. The second-order valence-corrected chi connectivity index (χ2v) is 2.77. The van der Waals surface area contributed by atoms with Gasteiger partial charge in [-0.25, -0.2) is 9.97 Å². The molecular formula is C8H12N4O2. The molecule has 6 heteroatoms. The second kappa shape index (κ2) is 4.01. The van der Waals surface area contributed by atoms with Gasteiger partial charge in [-0.3, -0.25) is 4.79 Å². The number of primary amides is 1. The van der Waals surface area contributed by atoms with E-state index in [1.807, 2.05) is 0 Å². The molecule has 0 aromatic carbocycles. The minimum atomic E-state index is -0.640. The summed E-state index contributed by atoms with van der Waals surface area (Å²) < 4.78 is 4.99. The number of carbonyl (C=O) groups excluding carboxylic acids is 1. The number of methoxy groups -OCH3 is 1. The minimum absolute atomic E-state index is 0.0754. The van der Waals surface area contributed by atoms with Crippen molar-refractivity contribution < 1.29 is 9.53 Å². The predicted molar refractivity (Wildman–Crippen MR) is 50.4 cm³/mol. The molecule has 1 aromatic rings. The van der Waals surface area contributed by atoms with E-state index in [0.29, 0.717) is 5.82 Å². The van der Waals surface area contributed by atoms with Gasteiger partial charge in [-0.1, -0.05) is 0 Å². The SMILES string of the molecule is COC(C)c1ncc(C(N)=O)c(N)n1. The Hall–Kier alpha value is -1.69. The summed E-state index contributed by atoms with van der Waals surface area (Å²) in [6.07, 6.45) is 1.04. The van der Waals surface area contributed by atoms with Gasteiger partial charge in [-0.2, -0.15) is 0 Å². The molecule has 4 N–H and O–H groups in total. The molecule has 1 aromatic heterocycles. The molecular weight excluding hydrogens is 184 g/mol. The molecule has 0 spiro atoms. The molecule has 0 saturated carbocycles. The zero-order valence-corrected chi connectivity index (χ0v) is 8.02. The number of anilines is 1. The molecule has 1 amide bonds. The first-order chi connectivity index (χ1) is 6.56. The molecule has 0 bridgehead atoms. The molecule has 6 nitrogen and oxygen atoms in total. The molecule has 0 radical (unpaired) electrons. The largest absolute Gasteiger partial charge is 0.383 e. The molecule has 1 rings (SSSR count). The molecule has 1 atom stereocenters. The maximum Gasteiger partial charge on any atom is 0.254 e. The maximum atomic E-state index is 10.8. The van der Waals surface area contributed by atoms with Crippen LogP contribution in [0.3, 0.4) is 0 Å². The number of aromatic nitrogens is 2. The van der Waals surface area contributed by atoms with Crippen LogP contribution in [0.4, 0.5) is 5.82 Å². The number of hydrogen-bond donors (Lipinski definition) is 2. The first-order valence-corrected chi connectivity index (χ1v) is 4.01. The van der Waals surface area contributed by atoms with E-state index in [9.17, 15) is 4.79 Å². The maximum absolute atomic E-state index is 10.8. The van der Waals surface area contributed by atoms with Crippen LogP contribution in [-0.4, -0.2) is 23.0 Å². The van der Waals surface area contributed by atoms with Crippen molar-refractivity contribution in [2.45, 2.75) is 13.0 Å². The van der Waals surface area contributed by atoms with Crippen LogP contribution in [0.1, 0.15) is 29.2 Å². The van der Waals surface area contributed by atoms with Gasteiger partial charge in [0, 0.05) is 13.3 Å². The quantitative estimate of drug-likeness (QED) is 0.700. The lowest BCUT2D eigenvalue weighted by molar-refractivity contribution is 0.0997. The van der Waals surface area contributed by atoms with E-state index in [2.05, 4.69) is 9.97 Å². The molecule has 1 heterocycles. The lowest BCUT2D eigenvalue weighted by Gasteiger charge is -2.08. The Morgan fingerprint density at radius 1 is 1.64 bits per heavy atom. The number of nitrogens with two attached hydrogens (primary N) is 2. The van der Waals surface area contributed by atoms with Crippen LogP contribution in [0, 0.1) is 0 Å². The van der Waals surface area contributed by atoms with Crippen molar-refractivity contribution in [3.63, 3.8) is 0 Å². The molecule has 1 unspecified atom stereocenters. The van der Waals surface area contributed by atoms with Crippen molar-refractivity contribution in [2.75, 3.05) is 12.8 Å². The zero-order valence-electron chi connectivity index (χ0n) is 8.02. The van der Waals surface area contributed by atoms with Crippen molar-refractivity contribution in [1.29, 1.82) is 0 Å². The van der Waals surface area contributed by atoms with Crippen LogP contribution < -0.4 is 11.5 Å². The van der Waals surface area contributed by atoms with Gasteiger partial charge in [0.05, 0.1) is 5.56 Å². The number of ether oxygens (including phenoxy) is 1. The van der Waals surface area contributed by atoms with Gasteiger partial charge < -0.3 is 16.2 Å². The molecule has 0 aliphatic heterocycles. The fraction of sp³-hybridized carbons (Fsp3) is 0.375. The van der Waals surface area contributed by atoms with E-state index >= 15 is 0 Å². The average molecular weight is 196 g/mol. The van der Waals surface area contributed by atoms with Crippen molar-refractivity contribution in [3.05, 3.63) is 17.6 Å². The molecule has 0 aliphatic carbocycles. The average Bonchev–Trinajstić information content (AvgIpc) is 2.15. The van der Waals surface area contributed by atoms with Gasteiger partial charge in [0.2, 0.25) is 0 Å². The highest BCUT2D eigenvalue weighted by Crippen LogP contribution is 2.13. The van der Waals surface area contributed by atoms with E-state index in [1.54, 1.807) is 6.92 Å². The molecule has 14 heavy (non-hydrogen) atoms. The van der Waals surface area contributed by atoms with Gasteiger partial charge >= 0.3 is 0 Å². The summed E-state index contributed by atoms with van der Waals surface area (Å²) in [5, 5.41) is 0. The van der Waals surface area contributed by atoms with Crippen LogP contribution in [-0.2, 0) is 4.74 Å². The summed E-state index contributed by atoms with van der Waals surface area (Å²) in [5.41, 5.74) is 10.7. The monoisotopic (exact) mass is 196 g/mol. The van der Waals surface area contributed by atoms with Crippen LogP contribution in [0.15, 0.2) is 6.20 Å². The lowest BCUT2D eigenvalue weighted by Crippen LogP contribution is -2.16. The minimum Gasteiger partial charge on any atom is -0.383 e. The zero-order chi connectivity index (χ0) is 10.7. The summed E-state index contributed by atoms with van der Waals surface area (Å²) in [6, 6.07) is 0. The first-order valence-electron chi connectivity index (χ1n) is 4.01. The fourth-order valence-electron chi connectivity index (χ4n) is 0.900. The van der Waals surface area contributed by atoms with E-state index in [1.165, 1.54) is 13.3 Å². The van der Waals surface area contributed by atoms with Crippen LogP contribution in [0.2, 0.25) is 0 Å². The van der Waals surface area contributed by atoms with Gasteiger partial charge in [0.1, 0.15) is 11.9 Å². The summed E-state index contributed by atoms with van der Waals surface area (Å²) >= 11 is 0. The number of hydrogen-bond acceptors (Lipinski definition) is 5. The Kier molecular flexibility index (Phi) is 2.98. The van der Waals surface area contributed by atoms with Gasteiger partial charge in [-0.15, -0.1) is 0 Å². The van der Waals surface area contributed by atoms with Crippen LogP contribution in [0.25, 0.3) is 0 Å². The lowest BCUT2D eigenvalue weighted by atomic mass is 10.3. The van der Waals surface area contributed by atoms with Crippen molar-refractivity contribution in [2.24, 2.45) is 5.73 Å². The summed E-state index contributed by atoms with van der Waals surface area (Å²) in [7, 11) is 1.53. The van der Waals surface area contributed by atoms with Crippen molar-refractivity contribution in [1.82, 2.24) is 9.97 Å². The third-order valence-electron chi connectivity index (χ3n) is 1.82. The van der Waals surface area contributed by atoms with Crippen LogP contribution in [0.5, 0.6) is 0 Å². The fourth-order valence-corrected chi connectivity index (χ4v) is 0.900. The summed E-state index contributed by atoms with van der Waals surface area (Å²) in [4.78, 5) is 18.6. The standard InChI is InChI=1S/C8H12N4O2/c1-4(14-2)8-11-3-5(7(10)13)6(9)12-8/h3-4H,1-2H3,(H2,10,13)(H2,9,11,12). The van der Waals surface area contributed by atoms with E-state index in [4.69, 9.17) is 16.2 Å².